The average Bonchev–Trinajstić information content (AvgIpc) is 3.15. The largest absolute Gasteiger partial charge is 0.376 e. The van der Waals surface area contributed by atoms with Gasteiger partial charge in [0.05, 0.1) is 6.10 Å². The van der Waals surface area contributed by atoms with Gasteiger partial charge in [-0.15, -0.1) is 0 Å². The number of nitrogens with one attached hydrogen (secondary N) is 1. The summed E-state index contributed by atoms with van der Waals surface area (Å²) in [4.78, 5) is 37.3. The summed E-state index contributed by atoms with van der Waals surface area (Å²) in [5, 5.41) is 6.43. The molecule has 0 radical (unpaired) electrons. The van der Waals surface area contributed by atoms with E-state index in [1.165, 1.54) is 24.3 Å². The fourth-order valence-electron chi connectivity index (χ4n) is 2.81. The van der Waals surface area contributed by atoms with E-state index in [4.69, 9.17) is 4.74 Å². The predicted molar refractivity (Wildman–Crippen MR) is 91.0 cm³/mol. The molecular formula is C17H19FN4O4. The fourth-order valence-corrected chi connectivity index (χ4v) is 2.81. The van der Waals surface area contributed by atoms with Gasteiger partial charge in [0.2, 0.25) is 5.69 Å². The van der Waals surface area contributed by atoms with E-state index >= 15 is 0 Å². The number of ether oxygens (including phenoxy) is 1. The Morgan fingerprint density at radius 1 is 1.38 bits per heavy atom. The zero-order valence-corrected chi connectivity index (χ0v) is 14.3. The molecule has 1 atom stereocenters. The van der Waals surface area contributed by atoms with Crippen molar-refractivity contribution in [3.05, 3.63) is 56.6 Å². The van der Waals surface area contributed by atoms with Crippen molar-refractivity contribution < 1.29 is 13.9 Å². The monoisotopic (exact) mass is 362 g/mol. The lowest BCUT2D eigenvalue weighted by molar-refractivity contribution is 0.0849. The summed E-state index contributed by atoms with van der Waals surface area (Å²) < 4.78 is 21.1. The summed E-state index contributed by atoms with van der Waals surface area (Å²) >= 11 is 0. The lowest BCUT2D eigenvalue weighted by Crippen LogP contribution is -2.46. The van der Waals surface area contributed by atoms with Crippen molar-refractivity contribution >= 4 is 5.91 Å². The number of para-hydroxylation sites is 1. The van der Waals surface area contributed by atoms with Crippen molar-refractivity contribution in [2.75, 3.05) is 13.2 Å². The fraction of sp³-hybridized carbons (Fsp3) is 0.412. The van der Waals surface area contributed by atoms with E-state index in [0.29, 0.717) is 6.61 Å². The number of rotatable bonds is 5. The van der Waals surface area contributed by atoms with Crippen LogP contribution in [-0.4, -0.2) is 39.5 Å². The number of amides is 1. The molecule has 2 aromatic rings. The number of benzene rings is 1. The number of nitrogens with zero attached hydrogens (tertiary/aromatic N) is 3. The van der Waals surface area contributed by atoms with Crippen LogP contribution in [0.4, 0.5) is 4.39 Å². The molecule has 0 bridgehead atoms. The van der Waals surface area contributed by atoms with Gasteiger partial charge >= 0.3 is 5.69 Å². The van der Waals surface area contributed by atoms with Gasteiger partial charge in [-0.3, -0.25) is 14.2 Å². The van der Waals surface area contributed by atoms with Gasteiger partial charge in [0.25, 0.3) is 11.5 Å². The molecule has 0 aliphatic carbocycles. The van der Waals surface area contributed by atoms with Crippen LogP contribution < -0.4 is 16.6 Å². The highest BCUT2D eigenvalue weighted by Gasteiger charge is 2.22. The first-order valence-corrected chi connectivity index (χ1v) is 8.41. The second-order valence-corrected chi connectivity index (χ2v) is 5.89. The normalized spacial score (nSPS) is 16.6. The van der Waals surface area contributed by atoms with Crippen LogP contribution in [0.2, 0.25) is 0 Å². The smallest absolute Gasteiger partial charge is 0.352 e. The minimum absolute atomic E-state index is 0.0284. The first-order valence-electron chi connectivity index (χ1n) is 8.41. The number of carbonyl (C=O) groups is 1. The summed E-state index contributed by atoms with van der Waals surface area (Å²) in [5.74, 6) is -1.41. The maximum atomic E-state index is 14.1. The molecule has 138 valence electrons. The minimum Gasteiger partial charge on any atom is -0.376 e. The molecule has 3 rings (SSSR count). The van der Waals surface area contributed by atoms with Crippen LogP contribution in [0.15, 0.2) is 33.9 Å². The molecule has 1 unspecified atom stereocenters. The molecule has 1 N–H and O–H groups in total. The van der Waals surface area contributed by atoms with Gasteiger partial charge in [-0.25, -0.2) is 9.18 Å². The van der Waals surface area contributed by atoms with Crippen LogP contribution in [0.25, 0.3) is 5.69 Å². The Labute approximate surface area is 148 Å². The third-order valence-corrected chi connectivity index (χ3v) is 4.19. The number of halogens is 1. The summed E-state index contributed by atoms with van der Waals surface area (Å²) in [6, 6.07) is 5.52. The van der Waals surface area contributed by atoms with Crippen molar-refractivity contribution in [2.24, 2.45) is 0 Å². The number of aromatic nitrogens is 3. The first kappa shape index (κ1) is 18.0. The van der Waals surface area contributed by atoms with E-state index < -0.39 is 28.7 Å². The highest BCUT2D eigenvalue weighted by molar-refractivity contribution is 5.91. The molecule has 1 fully saturated rings. The predicted octanol–water partition coefficient (Wildman–Crippen LogP) is 0.462. The van der Waals surface area contributed by atoms with E-state index in [1.54, 1.807) is 6.92 Å². The maximum absolute atomic E-state index is 14.1. The molecule has 1 aromatic heterocycles. The van der Waals surface area contributed by atoms with Crippen LogP contribution in [0.5, 0.6) is 0 Å². The van der Waals surface area contributed by atoms with E-state index in [9.17, 15) is 18.8 Å². The molecule has 1 aliphatic heterocycles. The van der Waals surface area contributed by atoms with Crippen LogP contribution in [0, 0.1) is 5.82 Å². The molecule has 0 spiro atoms. The van der Waals surface area contributed by atoms with Crippen LogP contribution in [-0.2, 0) is 11.3 Å². The minimum atomic E-state index is -0.810. The van der Waals surface area contributed by atoms with E-state index in [1.807, 2.05) is 0 Å². The Morgan fingerprint density at radius 3 is 2.81 bits per heavy atom. The summed E-state index contributed by atoms with van der Waals surface area (Å²) in [6.45, 7) is 2.49. The molecule has 1 aliphatic rings. The van der Waals surface area contributed by atoms with Gasteiger partial charge in [-0.05, 0) is 31.9 Å². The van der Waals surface area contributed by atoms with Crippen molar-refractivity contribution in [3.8, 4) is 5.69 Å². The Balaban J connectivity index is 2.01. The highest BCUT2D eigenvalue weighted by atomic mass is 19.1. The summed E-state index contributed by atoms with van der Waals surface area (Å²) in [5.41, 5.74) is -2.21. The van der Waals surface area contributed by atoms with Crippen molar-refractivity contribution in [1.82, 2.24) is 19.7 Å². The van der Waals surface area contributed by atoms with Crippen molar-refractivity contribution in [1.29, 1.82) is 0 Å². The second-order valence-electron chi connectivity index (χ2n) is 5.89. The third-order valence-electron chi connectivity index (χ3n) is 4.19. The summed E-state index contributed by atoms with van der Waals surface area (Å²) in [7, 11) is 0. The van der Waals surface area contributed by atoms with E-state index in [-0.39, 0.29) is 24.9 Å². The molecule has 26 heavy (non-hydrogen) atoms. The third kappa shape index (κ3) is 3.43. The molecule has 8 nitrogen and oxygen atoms in total. The van der Waals surface area contributed by atoms with Crippen molar-refractivity contribution in [2.45, 2.75) is 32.4 Å². The second kappa shape index (κ2) is 7.61. The Morgan fingerprint density at radius 2 is 2.15 bits per heavy atom. The number of carbonyl (C=O) groups excluding carboxylic acids is 1. The Bertz CT molecular complexity index is 931. The molecule has 1 saturated heterocycles. The molecule has 1 aromatic carbocycles. The average molecular weight is 362 g/mol. The van der Waals surface area contributed by atoms with Gasteiger partial charge in [0.15, 0.2) is 0 Å². The lowest BCUT2D eigenvalue weighted by Gasteiger charge is -2.13. The quantitative estimate of drug-likeness (QED) is 0.834. The SMILES string of the molecule is CCn1c(=O)c(C(=O)NCC2CCCO2)nn(-c2ccccc2F)c1=O. The van der Waals surface area contributed by atoms with Gasteiger partial charge in [-0.1, -0.05) is 12.1 Å². The van der Waals surface area contributed by atoms with E-state index in [2.05, 4.69) is 10.4 Å². The topological polar surface area (TPSA) is 95.2 Å². The van der Waals surface area contributed by atoms with Crippen LogP contribution in [0.1, 0.15) is 30.3 Å². The zero-order chi connectivity index (χ0) is 18.7. The molecule has 9 heteroatoms. The van der Waals surface area contributed by atoms with Gasteiger partial charge in [-0.2, -0.15) is 9.78 Å². The standard InChI is InChI=1S/C17H19FN4O4/c1-2-21-16(24)14(15(23)19-10-11-6-5-9-26-11)20-22(17(21)25)13-8-4-3-7-12(13)18/h3-4,7-8,11H,2,5-6,9-10H2,1H3,(H,19,23). The van der Waals surface area contributed by atoms with Gasteiger partial charge in [0.1, 0.15) is 11.5 Å². The number of hydrogen-bond acceptors (Lipinski definition) is 5. The van der Waals surface area contributed by atoms with Crippen LogP contribution in [0.3, 0.4) is 0 Å². The molecule has 0 saturated carbocycles. The molecule has 1 amide bonds. The highest BCUT2D eigenvalue weighted by Crippen LogP contribution is 2.11. The van der Waals surface area contributed by atoms with Gasteiger partial charge < -0.3 is 10.1 Å². The Hall–Kier alpha value is -2.81. The maximum Gasteiger partial charge on any atom is 0.352 e. The van der Waals surface area contributed by atoms with E-state index in [0.717, 1.165) is 22.1 Å². The molecular weight excluding hydrogens is 343 g/mol. The van der Waals surface area contributed by atoms with Crippen molar-refractivity contribution in [3.63, 3.8) is 0 Å². The molecule has 2 heterocycles. The lowest BCUT2D eigenvalue weighted by atomic mass is 10.2. The Kier molecular flexibility index (Phi) is 5.27. The first-order chi connectivity index (χ1) is 12.5. The van der Waals surface area contributed by atoms with Crippen LogP contribution >= 0.6 is 0 Å². The number of hydrogen-bond donors (Lipinski definition) is 1. The summed E-state index contributed by atoms with van der Waals surface area (Å²) in [6.07, 6.45) is 1.63. The van der Waals surface area contributed by atoms with Gasteiger partial charge in [0, 0.05) is 19.7 Å². The zero-order valence-electron chi connectivity index (χ0n) is 14.3.